The molecular weight excluding hydrogens is 118 g/mol. The van der Waals surface area contributed by atoms with Gasteiger partial charge in [0.25, 0.3) is 0 Å². The molecule has 0 aromatic carbocycles. The molecule has 4 nitrogen and oxygen atoms in total. The fraction of sp³-hybridized carbons (Fsp3) is 0.500. The molecule has 0 aromatic heterocycles. The Morgan fingerprint density at radius 2 is 2.57 bits per heavy atom. The summed E-state index contributed by atoms with van der Waals surface area (Å²) < 4.78 is 13.8. The first-order valence-electron chi connectivity index (χ1n) is 1.45. The minimum atomic E-state index is -0.660. The highest BCUT2D eigenvalue weighted by Crippen LogP contribution is 1.80. The monoisotopic (exact) mass is 123 g/mol. The van der Waals surface area contributed by atoms with Crippen LogP contribution in [0.5, 0.6) is 0 Å². The molecule has 0 spiro atoms. The lowest BCUT2D eigenvalue weighted by molar-refractivity contribution is 0.178. The van der Waals surface area contributed by atoms with Gasteiger partial charge in [-0.25, -0.2) is 9.52 Å². The molecule has 0 aromatic rings. The Bertz CT molecular complexity index is 66.0. The molecule has 5 heteroatoms. The Kier molecular flexibility index (Phi) is 3.53. The predicted molar refractivity (Wildman–Crippen MR) is 25.8 cm³/mol. The molecule has 0 aliphatic heterocycles. The van der Waals surface area contributed by atoms with Gasteiger partial charge in [-0.05, 0) is 0 Å². The average molecular weight is 123 g/mol. The lowest BCUT2D eigenvalue weighted by atomic mass is 11.2. The van der Waals surface area contributed by atoms with Crippen LogP contribution in [0.2, 0.25) is 0 Å². The van der Waals surface area contributed by atoms with Gasteiger partial charge in [-0.1, -0.05) is 0 Å². The number of rotatable bonds is 1. The number of methoxy groups -OCH3 is 1. The summed E-state index contributed by atoms with van der Waals surface area (Å²) in [6.45, 7) is 0. The van der Waals surface area contributed by atoms with E-state index in [1.54, 1.807) is 0 Å². The number of ether oxygens (including phenoxy) is 1. The van der Waals surface area contributed by atoms with Gasteiger partial charge < -0.3 is 9.29 Å². The van der Waals surface area contributed by atoms with Crippen LogP contribution in [-0.2, 0) is 4.74 Å². The second-order valence-electron chi connectivity index (χ2n) is 0.685. The van der Waals surface area contributed by atoms with Crippen molar-refractivity contribution >= 4 is 18.3 Å². The highest BCUT2D eigenvalue weighted by Gasteiger charge is 1.91. The van der Waals surface area contributed by atoms with Gasteiger partial charge in [0.1, 0.15) is 12.2 Å². The number of hydrogen-bond acceptors (Lipinski definition) is 4. The zero-order valence-corrected chi connectivity index (χ0v) is 4.49. The quantitative estimate of drug-likeness (QED) is 0.393. The number of carbonyl (C=O) groups excluding carboxylic acids is 1. The molecule has 0 unspecified atom stereocenters. The van der Waals surface area contributed by atoms with Crippen molar-refractivity contribution in [1.29, 1.82) is 0 Å². The maximum Gasteiger partial charge on any atom is 0.418 e. The van der Waals surface area contributed by atoms with E-state index >= 15 is 0 Å². The fourth-order valence-corrected chi connectivity index (χ4v) is 0.237. The van der Waals surface area contributed by atoms with Gasteiger partial charge >= 0.3 is 6.09 Å². The maximum atomic E-state index is 9.90. The molecule has 42 valence electrons. The van der Waals surface area contributed by atoms with Crippen LogP contribution in [0.25, 0.3) is 0 Å². The minimum absolute atomic E-state index is 0.210. The Morgan fingerprint density at radius 3 is 2.71 bits per heavy atom. The molecular formula is C2H5NO3S. The first-order chi connectivity index (χ1) is 3.31. The van der Waals surface area contributed by atoms with Crippen molar-refractivity contribution in [2.75, 3.05) is 7.11 Å². The highest BCUT2D eigenvalue weighted by atomic mass is 32.2. The Hall–Kier alpha value is -0.420. The van der Waals surface area contributed by atoms with Crippen LogP contribution in [0, 0.1) is 0 Å². The van der Waals surface area contributed by atoms with Crippen LogP contribution in [-0.4, -0.2) is 17.8 Å². The summed E-state index contributed by atoms with van der Waals surface area (Å²) in [7, 11) is 1.21. The molecule has 0 rings (SSSR count). The minimum Gasteiger partial charge on any atom is -0.452 e. The van der Waals surface area contributed by atoms with E-state index in [0.29, 0.717) is 0 Å². The van der Waals surface area contributed by atoms with Crippen LogP contribution >= 0.6 is 12.2 Å². The van der Waals surface area contributed by atoms with Crippen molar-refractivity contribution in [2.24, 2.45) is 0 Å². The topological polar surface area (TPSA) is 58.6 Å². The van der Waals surface area contributed by atoms with Crippen molar-refractivity contribution in [2.45, 2.75) is 0 Å². The zero-order chi connectivity index (χ0) is 5.70. The van der Waals surface area contributed by atoms with Crippen molar-refractivity contribution in [3.05, 3.63) is 0 Å². The highest BCUT2D eigenvalue weighted by molar-refractivity contribution is 7.92. The van der Waals surface area contributed by atoms with Gasteiger partial charge in [0.2, 0.25) is 0 Å². The van der Waals surface area contributed by atoms with E-state index in [1.807, 2.05) is 4.72 Å². The number of nitrogens with one attached hydrogen (secondary N) is 1. The van der Waals surface area contributed by atoms with E-state index in [2.05, 4.69) is 4.74 Å². The molecule has 0 atom stereocenters. The summed E-state index contributed by atoms with van der Waals surface area (Å²) in [6.07, 6.45) is -0.660. The largest absolute Gasteiger partial charge is 0.452 e. The van der Waals surface area contributed by atoms with Gasteiger partial charge in [0.15, 0.2) is 0 Å². The molecule has 0 saturated carbocycles. The van der Waals surface area contributed by atoms with E-state index < -0.39 is 6.09 Å². The molecule has 0 radical (unpaired) electrons. The summed E-state index contributed by atoms with van der Waals surface area (Å²) >= 11 is 0.210. The Labute approximate surface area is 45.2 Å². The van der Waals surface area contributed by atoms with Gasteiger partial charge in [0.05, 0.1) is 7.11 Å². The summed E-state index contributed by atoms with van der Waals surface area (Å²) in [4.78, 5) is 9.90. The normalized spacial score (nSPS) is 7.71. The summed E-state index contributed by atoms with van der Waals surface area (Å²) in [5.74, 6) is 0. The van der Waals surface area contributed by atoms with Crippen LogP contribution in [0.1, 0.15) is 0 Å². The lowest BCUT2D eigenvalue weighted by Gasteiger charge is -1.92. The molecule has 0 aliphatic rings. The second-order valence-corrected chi connectivity index (χ2v) is 1.07. The zero-order valence-electron chi connectivity index (χ0n) is 3.67. The molecule has 0 aliphatic carbocycles. The molecule has 7 heavy (non-hydrogen) atoms. The first kappa shape index (κ1) is 6.58. The smallest absolute Gasteiger partial charge is 0.418 e. The van der Waals surface area contributed by atoms with E-state index in [0.717, 1.165) is 0 Å². The van der Waals surface area contributed by atoms with Crippen molar-refractivity contribution in [1.82, 2.24) is 4.72 Å². The summed E-state index contributed by atoms with van der Waals surface area (Å²) in [5, 5.41) is 0. The van der Waals surface area contributed by atoms with Crippen molar-refractivity contribution < 1.29 is 14.1 Å². The average Bonchev–Trinajstić information content (AvgIpc) is 1.68. The molecule has 0 fully saturated rings. The maximum absolute atomic E-state index is 9.90. The van der Waals surface area contributed by atoms with Gasteiger partial charge in [-0.3, -0.25) is 0 Å². The Morgan fingerprint density at radius 1 is 2.00 bits per heavy atom. The standard InChI is InChI=1S/C2H5NO3S/c1-6-2(4)3-7-5/h5H,1H3,(H,3,4). The van der Waals surface area contributed by atoms with Gasteiger partial charge in [0, 0.05) is 0 Å². The molecule has 0 heterocycles. The van der Waals surface area contributed by atoms with Crippen molar-refractivity contribution in [3.63, 3.8) is 0 Å². The SMILES string of the molecule is COC(=O)NSO. The number of carbonyl (C=O) groups is 1. The third-order valence-corrected chi connectivity index (χ3v) is 0.572. The fourth-order valence-electron chi connectivity index (χ4n) is 0.0789. The first-order valence-corrected chi connectivity index (χ1v) is 2.23. The molecule has 0 bridgehead atoms. The number of amides is 1. The summed E-state index contributed by atoms with van der Waals surface area (Å²) in [6, 6.07) is 0. The number of hydrogen-bond donors (Lipinski definition) is 2. The second kappa shape index (κ2) is 3.76. The van der Waals surface area contributed by atoms with Gasteiger partial charge in [-0.2, -0.15) is 0 Å². The molecule has 0 saturated heterocycles. The van der Waals surface area contributed by atoms with Crippen LogP contribution < -0.4 is 4.72 Å². The van der Waals surface area contributed by atoms with E-state index in [9.17, 15) is 4.79 Å². The van der Waals surface area contributed by atoms with Gasteiger partial charge in [-0.15, -0.1) is 0 Å². The van der Waals surface area contributed by atoms with E-state index in [-0.39, 0.29) is 12.2 Å². The lowest BCUT2D eigenvalue weighted by Crippen LogP contribution is -2.13. The third-order valence-electron chi connectivity index (χ3n) is 0.314. The molecule has 1 amide bonds. The summed E-state index contributed by atoms with van der Waals surface area (Å²) in [5.41, 5.74) is 0. The van der Waals surface area contributed by atoms with E-state index in [1.165, 1.54) is 7.11 Å². The van der Waals surface area contributed by atoms with Crippen LogP contribution in [0.3, 0.4) is 0 Å². The van der Waals surface area contributed by atoms with Crippen LogP contribution in [0.15, 0.2) is 0 Å². The predicted octanol–water partition coefficient (Wildman–Crippen LogP) is 0.464. The Balaban J connectivity index is 3.00. The third kappa shape index (κ3) is 3.41. The molecule has 2 N–H and O–H groups in total. The van der Waals surface area contributed by atoms with Crippen LogP contribution in [0.4, 0.5) is 4.79 Å². The van der Waals surface area contributed by atoms with Crippen molar-refractivity contribution in [3.8, 4) is 0 Å². The van der Waals surface area contributed by atoms with E-state index in [4.69, 9.17) is 4.55 Å².